The Bertz CT molecular complexity index is 596. The molecule has 0 aromatic heterocycles. The molecule has 21 heavy (non-hydrogen) atoms. The fourth-order valence-corrected chi connectivity index (χ4v) is 2.04. The van der Waals surface area contributed by atoms with E-state index in [-0.39, 0.29) is 5.91 Å². The zero-order chi connectivity index (χ0) is 15.1. The van der Waals surface area contributed by atoms with E-state index in [1.165, 1.54) is 5.56 Å². The third kappa shape index (κ3) is 5.48. The van der Waals surface area contributed by atoms with Crippen molar-refractivity contribution in [2.75, 3.05) is 6.61 Å². The lowest BCUT2D eigenvalue weighted by Crippen LogP contribution is -2.24. The van der Waals surface area contributed by atoms with Crippen LogP contribution >= 0.6 is 11.6 Å². The van der Waals surface area contributed by atoms with Crippen LogP contribution in [0.5, 0.6) is 5.75 Å². The van der Waals surface area contributed by atoms with Gasteiger partial charge in [-0.3, -0.25) is 4.79 Å². The minimum absolute atomic E-state index is 0.0397. The average Bonchev–Trinajstić information content (AvgIpc) is 2.47. The van der Waals surface area contributed by atoms with Crippen molar-refractivity contribution in [3.05, 3.63) is 64.7 Å². The van der Waals surface area contributed by atoms with Crippen LogP contribution in [0.4, 0.5) is 0 Å². The quantitative estimate of drug-likeness (QED) is 0.883. The zero-order valence-corrected chi connectivity index (χ0v) is 12.7. The van der Waals surface area contributed by atoms with Crippen molar-refractivity contribution >= 4 is 17.5 Å². The number of hydrogen-bond acceptors (Lipinski definition) is 2. The molecule has 2 aromatic rings. The summed E-state index contributed by atoms with van der Waals surface area (Å²) in [5.74, 6) is 0.741. The molecule has 0 aliphatic heterocycles. The van der Waals surface area contributed by atoms with Crippen LogP contribution in [-0.4, -0.2) is 12.5 Å². The van der Waals surface area contributed by atoms with E-state index in [9.17, 15) is 4.79 Å². The predicted octanol–water partition coefficient (Wildman–Crippen LogP) is 3.73. The smallest absolute Gasteiger partial charge is 0.223 e. The van der Waals surface area contributed by atoms with E-state index in [2.05, 4.69) is 5.32 Å². The molecule has 0 saturated carbocycles. The van der Waals surface area contributed by atoms with Crippen molar-refractivity contribution in [1.82, 2.24) is 5.32 Å². The number of ether oxygens (including phenoxy) is 1. The van der Waals surface area contributed by atoms with Crippen LogP contribution < -0.4 is 10.1 Å². The number of rotatable bonds is 6. The van der Waals surface area contributed by atoms with Gasteiger partial charge in [-0.2, -0.15) is 0 Å². The molecule has 0 atom stereocenters. The SMILES string of the molecule is Cc1ccc(OCCC(=O)NCc2cccc(Cl)c2)cc1. The van der Waals surface area contributed by atoms with E-state index in [1.54, 1.807) is 0 Å². The summed E-state index contributed by atoms with van der Waals surface area (Å²) in [6.07, 6.45) is 0.328. The van der Waals surface area contributed by atoms with Crippen LogP contribution in [0.25, 0.3) is 0 Å². The highest BCUT2D eigenvalue weighted by Crippen LogP contribution is 2.12. The largest absolute Gasteiger partial charge is 0.493 e. The molecule has 0 aliphatic carbocycles. The van der Waals surface area contributed by atoms with E-state index in [4.69, 9.17) is 16.3 Å². The molecule has 0 spiro atoms. The summed E-state index contributed by atoms with van der Waals surface area (Å²) >= 11 is 5.89. The number of halogens is 1. The van der Waals surface area contributed by atoms with E-state index in [0.29, 0.717) is 24.6 Å². The molecule has 1 N–H and O–H groups in total. The Kier molecular flexibility index (Phi) is 5.64. The van der Waals surface area contributed by atoms with Crippen LogP contribution in [0.1, 0.15) is 17.5 Å². The van der Waals surface area contributed by atoms with E-state index < -0.39 is 0 Å². The first kappa shape index (κ1) is 15.4. The number of hydrogen-bond donors (Lipinski definition) is 1. The van der Waals surface area contributed by atoms with E-state index >= 15 is 0 Å². The maximum atomic E-state index is 11.7. The molecule has 2 aromatic carbocycles. The van der Waals surface area contributed by atoms with Gasteiger partial charge >= 0.3 is 0 Å². The molecule has 110 valence electrons. The second-order valence-electron chi connectivity index (χ2n) is 4.82. The number of amides is 1. The monoisotopic (exact) mass is 303 g/mol. The molecule has 0 radical (unpaired) electrons. The summed E-state index contributed by atoms with van der Waals surface area (Å²) in [6.45, 7) is 2.86. The third-order valence-electron chi connectivity index (χ3n) is 3.00. The van der Waals surface area contributed by atoms with Crippen molar-refractivity contribution in [2.45, 2.75) is 19.9 Å². The van der Waals surface area contributed by atoms with E-state index in [1.807, 2.05) is 55.5 Å². The van der Waals surface area contributed by atoms with Crippen LogP contribution in [0, 0.1) is 6.92 Å². The summed E-state index contributed by atoms with van der Waals surface area (Å²) in [5, 5.41) is 3.51. The fraction of sp³-hybridized carbons (Fsp3) is 0.235. The maximum absolute atomic E-state index is 11.7. The standard InChI is InChI=1S/C17H18ClNO2/c1-13-5-7-16(8-6-13)21-10-9-17(20)19-12-14-3-2-4-15(18)11-14/h2-8,11H,9-10,12H2,1H3,(H,19,20). The lowest BCUT2D eigenvalue weighted by Gasteiger charge is -2.08. The maximum Gasteiger partial charge on any atom is 0.223 e. The Morgan fingerprint density at radius 3 is 2.67 bits per heavy atom. The van der Waals surface area contributed by atoms with Gasteiger partial charge in [0.05, 0.1) is 13.0 Å². The second kappa shape index (κ2) is 7.70. The Labute approximate surface area is 129 Å². The summed E-state index contributed by atoms with van der Waals surface area (Å²) in [7, 11) is 0. The molecule has 0 aliphatic rings. The normalized spacial score (nSPS) is 10.2. The van der Waals surface area contributed by atoms with Gasteiger partial charge in [-0.15, -0.1) is 0 Å². The van der Waals surface area contributed by atoms with Gasteiger partial charge in [0.2, 0.25) is 5.91 Å². The molecule has 0 fully saturated rings. The van der Waals surface area contributed by atoms with Gasteiger partial charge in [-0.05, 0) is 36.8 Å². The lowest BCUT2D eigenvalue weighted by atomic mass is 10.2. The second-order valence-corrected chi connectivity index (χ2v) is 5.25. The van der Waals surface area contributed by atoms with E-state index in [0.717, 1.165) is 11.3 Å². The van der Waals surface area contributed by atoms with Gasteiger partial charge in [0.1, 0.15) is 5.75 Å². The Balaban J connectivity index is 1.69. The highest BCUT2D eigenvalue weighted by molar-refractivity contribution is 6.30. The molecule has 0 bridgehead atoms. The van der Waals surface area contributed by atoms with Crippen LogP contribution in [0.3, 0.4) is 0 Å². The Morgan fingerprint density at radius 2 is 1.95 bits per heavy atom. The van der Waals surface area contributed by atoms with Crippen molar-refractivity contribution in [3.8, 4) is 5.75 Å². The van der Waals surface area contributed by atoms with Gasteiger partial charge in [-0.1, -0.05) is 41.4 Å². The van der Waals surface area contributed by atoms with Crippen LogP contribution in [0.15, 0.2) is 48.5 Å². The number of nitrogens with one attached hydrogen (secondary N) is 1. The summed E-state index contributed by atoms with van der Waals surface area (Å²) in [5.41, 5.74) is 2.16. The van der Waals surface area contributed by atoms with Crippen molar-refractivity contribution in [1.29, 1.82) is 0 Å². The topological polar surface area (TPSA) is 38.3 Å². The number of benzene rings is 2. The number of carbonyl (C=O) groups excluding carboxylic acids is 1. The summed E-state index contributed by atoms with van der Waals surface area (Å²) in [6, 6.07) is 15.2. The predicted molar refractivity (Wildman–Crippen MR) is 84.6 cm³/mol. The highest BCUT2D eigenvalue weighted by Gasteiger charge is 2.02. The lowest BCUT2D eigenvalue weighted by molar-refractivity contribution is -0.121. The third-order valence-corrected chi connectivity index (χ3v) is 3.23. The first-order valence-electron chi connectivity index (χ1n) is 6.84. The molecule has 1 amide bonds. The van der Waals surface area contributed by atoms with Crippen molar-refractivity contribution < 1.29 is 9.53 Å². The number of carbonyl (C=O) groups is 1. The molecule has 2 rings (SSSR count). The zero-order valence-electron chi connectivity index (χ0n) is 11.9. The molecule has 0 heterocycles. The van der Waals surface area contributed by atoms with Gasteiger partial charge in [0.15, 0.2) is 0 Å². The average molecular weight is 304 g/mol. The molecule has 4 heteroatoms. The fourth-order valence-electron chi connectivity index (χ4n) is 1.83. The van der Waals surface area contributed by atoms with Gasteiger partial charge in [0, 0.05) is 11.6 Å². The number of aryl methyl sites for hydroxylation is 1. The highest BCUT2D eigenvalue weighted by atomic mass is 35.5. The van der Waals surface area contributed by atoms with Crippen molar-refractivity contribution in [3.63, 3.8) is 0 Å². The molecule has 3 nitrogen and oxygen atoms in total. The summed E-state index contributed by atoms with van der Waals surface area (Å²) < 4.78 is 5.52. The molecular formula is C17H18ClNO2. The van der Waals surface area contributed by atoms with Gasteiger partial charge < -0.3 is 10.1 Å². The Hall–Kier alpha value is -2.00. The summed E-state index contributed by atoms with van der Waals surface area (Å²) in [4.78, 5) is 11.7. The molecule has 0 saturated heterocycles. The minimum atomic E-state index is -0.0397. The first-order valence-corrected chi connectivity index (χ1v) is 7.22. The van der Waals surface area contributed by atoms with Crippen LogP contribution in [-0.2, 0) is 11.3 Å². The van der Waals surface area contributed by atoms with Crippen LogP contribution in [0.2, 0.25) is 5.02 Å². The minimum Gasteiger partial charge on any atom is -0.493 e. The molecular weight excluding hydrogens is 286 g/mol. The van der Waals surface area contributed by atoms with Gasteiger partial charge in [0.25, 0.3) is 0 Å². The first-order chi connectivity index (χ1) is 10.1. The molecule has 0 unspecified atom stereocenters. The van der Waals surface area contributed by atoms with Gasteiger partial charge in [-0.25, -0.2) is 0 Å². The van der Waals surface area contributed by atoms with Crippen molar-refractivity contribution in [2.24, 2.45) is 0 Å². The Morgan fingerprint density at radius 1 is 1.19 bits per heavy atom.